The van der Waals surface area contributed by atoms with Crippen molar-refractivity contribution in [3.05, 3.63) is 59.9 Å². The summed E-state index contributed by atoms with van der Waals surface area (Å²) in [6, 6.07) is 10.9. The number of pyridine rings is 1. The van der Waals surface area contributed by atoms with E-state index >= 15 is 0 Å². The van der Waals surface area contributed by atoms with Gasteiger partial charge in [0.1, 0.15) is 5.75 Å². The van der Waals surface area contributed by atoms with Gasteiger partial charge >= 0.3 is 0 Å². The van der Waals surface area contributed by atoms with Gasteiger partial charge in [0.2, 0.25) is 0 Å². The Balaban J connectivity index is 2.00. The lowest BCUT2D eigenvalue weighted by Gasteiger charge is -2.14. The van der Waals surface area contributed by atoms with Crippen molar-refractivity contribution in [2.75, 3.05) is 0 Å². The molecule has 0 aliphatic rings. The largest absolute Gasteiger partial charge is 0.491 e. The molecule has 1 heterocycles. The Bertz CT molecular complexity index is 579. The highest BCUT2D eigenvalue weighted by Gasteiger charge is 2.11. The van der Waals surface area contributed by atoms with Crippen molar-refractivity contribution in [3.8, 4) is 5.75 Å². The van der Waals surface area contributed by atoms with Gasteiger partial charge in [0.15, 0.2) is 0 Å². The summed E-state index contributed by atoms with van der Waals surface area (Å²) >= 11 is 0. The van der Waals surface area contributed by atoms with E-state index in [1.807, 2.05) is 45.0 Å². The highest BCUT2D eigenvalue weighted by molar-refractivity contribution is 5.94. The number of hydrogen-bond acceptors (Lipinski definition) is 3. The monoisotopic (exact) mass is 284 g/mol. The normalized spacial score (nSPS) is 12.0. The first-order valence-corrected chi connectivity index (χ1v) is 7.04. The number of amides is 1. The first-order valence-electron chi connectivity index (χ1n) is 7.04. The van der Waals surface area contributed by atoms with E-state index in [0.717, 1.165) is 11.3 Å². The molecule has 1 aromatic carbocycles. The van der Waals surface area contributed by atoms with E-state index in [1.165, 1.54) is 0 Å². The predicted octanol–water partition coefficient (Wildman–Crippen LogP) is 3.36. The van der Waals surface area contributed by atoms with E-state index in [2.05, 4.69) is 10.3 Å². The van der Waals surface area contributed by atoms with E-state index in [4.69, 9.17) is 4.74 Å². The van der Waals surface area contributed by atoms with Crippen LogP contribution >= 0.6 is 0 Å². The fourth-order valence-corrected chi connectivity index (χ4v) is 1.95. The molecule has 0 saturated heterocycles. The van der Waals surface area contributed by atoms with Gasteiger partial charge in [-0.05, 0) is 56.7 Å². The van der Waals surface area contributed by atoms with Crippen LogP contribution in [0.2, 0.25) is 0 Å². The zero-order valence-electron chi connectivity index (χ0n) is 12.5. The second-order valence-electron chi connectivity index (χ2n) is 5.17. The average Bonchev–Trinajstić information content (AvgIpc) is 2.48. The minimum atomic E-state index is -0.109. The van der Waals surface area contributed by atoms with Crippen molar-refractivity contribution in [1.29, 1.82) is 0 Å². The molecule has 110 valence electrons. The van der Waals surface area contributed by atoms with Crippen LogP contribution in [0.3, 0.4) is 0 Å². The fourth-order valence-electron chi connectivity index (χ4n) is 1.95. The Morgan fingerprint density at radius 2 is 1.86 bits per heavy atom. The SMILES string of the molecule is CC(C)Oc1ccc(C(=O)NC(C)c2cccnc2)cc1. The number of hydrogen-bond donors (Lipinski definition) is 1. The Kier molecular flexibility index (Phi) is 4.93. The molecule has 0 bridgehead atoms. The zero-order valence-corrected chi connectivity index (χ0v) is 12.5. The van der Waals surface area contributed by atoms with Gasteiger partial charge in [-0.25, -0.2) is 0 Å². The zero-order chi connectivity index (χ0) is 15.2. The third-order valence-electron chi connectivity index (χ3n) is 3.02. The topological polar surface area (TPSA) is 51.2 Å². The van der Waals surface area contributed by atoms with Crippen LogP contribution in [0.4, 0.5) is 0 Å². The molecule has 1 amide bonds. The Morgan fingerprint density at radius 3 is 2.43 bits per heavy atom. The van der Waals surface area contributed by atoms with Gasteiger partial charge in [0, 0.05) is 18.0 Å². The van der Waals surface area contributed by atoms with Gasteiger partial charge in [-0.15, -0.1) is 0 Å². The summed E-state index contributed by atoms with van der Waals surface area (Å²) in [5, 5.41) is 2.95. The summed E-state index contributed by atoms with van der Waals surface area (Å²) in [7, 11) is 0. The summed E-state index contributed by atoms with van der Waals surface area (Å²) < 4.78 is 5.56. The Morgan fingerprint density at radius 1 is 1.14 bits per heavy atom. The lowest BCUT2D eigenvalue weighted by Crippen LogP contribution is -2.26. The molecule has 0 aliphatic heterocycles. The molecule has 1 N–H and O–H groups in total. The maximum absolute atomic E-state index is 12.2. The van der Waals surface area contributed by atoms with E-state index in [-0.39, 0.29) is 18.1 Å². The van der Waals surface area contributed by atoms with Crippen molar-refractivity contribution in [2.24, 2.45) is 0 Å². The summed E-state index contributed by atoms with van der Waals surface area (Å²) in [5.74, 6) is 0.657. The molecule has 4 nitrogen and oxygen atoms in total. The fraction of sp³-hybridized carbons (Fsp3) is 0.294. The van der Waals surface area contributed by atoms with Crippen LogP contribution in [0, 0.1) is 0 Å². The molecular weight excluding hydrogens is 264 g/mol. The molecule has 4 heteroatoms. The van der Waals surface area contributed by atoms with Crippen molar-refractivity contribution in [2.45, 2.75) is 32.9 Å². The smallest absolute Gasteiger partial charge is 0.251 e. The number of aromatic nitrogens is 1. The highest BCUT2D eigenvalue weighted by atomic mass is 16.5. The summed E-state index contributed by atoms with van der Waals surface area (Å²) in [6.07, 6.45) is 3.59. The standard InChI is InChI=1S/C17H20N2O2/c1-12(2)21-16-8-6-14(7-9-16)17(20)19-13(3)15-5-4-10-18-11-15/h4-13H,1-3H3,(H,19,20). The average molecular weight is 284 g/mol. The number of rotatable bonds is 5. The minimum absolute atomic E-state index is 0.0854. The number of ether oxygens (including phenoxy) is 1. The molecule has 0 fully saturated rings. The maximum atomic E-state index is 12.2. The molecule has 1 aromatic heterocycles. The molecule has 21 heavy (non-hydrogen) atoms. The molecule has 0 aliphatic carbocycles. The Hall–Kier alpha value is -2.36. The van der Waals surface area contributed by atoms with Gasteiger partial charge in [0.05, 0.1) is 12.1 Å². The molecule has 0 radical (unpaired) electrons. The third kappa shape index (κ3) is 4.31. The van der Waals surface area contributed by atoms with E-state index in [9.17, 15) is 4.79 Å². The summed E-state index contributed by atoms with van der Waals surface area (Å²) in [5.41, 5.74) is 1.59. The molecular formula is C17H20N2O2. The van der Waals surface area contributed by atoms with E-state index < -0.39 is 0 Å². The van der Waals surface area contributed by atoms with Gasteiger partial charge in [0.25, 0.3) is 5.91 Å². The number of nitrogens with one attached hydrogen (secondary N) is 1. The van der Waals surface area contributed by atoms with Crippen molar-refractivity contribution in [3.63, 3.8) is 0 Å². The van der Waals surface area contributed by atoms with Crippen molar-refractivity contribution < 1.29 is 9.53 Å². The molecule has 0 saturated carbocycles. The molecule has 1 atom stereocenters. The van der Waals surface area contributed by atoms with Gasteiger partial charge in [-0.3, -0.25) is 9.78 Å². The Labute approximate surface area is 125 Å². The van der Waals surface area contributed by atoms with Crippen LogP contribution < -0.4 is 10.1 Å². The molecule has 2 aromatic rings. The molecule has 0 spiro atoms. The van der Waals surface area contributed by atoms with Crippen LogP contribution in [0.15, 0.2) is 48.8 Å². The first kappa shape index (κ1) is 15.0. The van der Waals surface area contributed by atoms with Gasteiger partial charge < -0.3 is 10.1 Å². The van der Waals surface area contributed by atoms with Crippen LogP contribution in [-0.2, 0) is 0 Å². The number of nitrogens with zero attached hydrogens (tertiary/aromatic N) is 1. The number of carbonyl (C=O) groups is 1. The van der Waals surface area contributed by atoms with E-state index in [0.29, 0.717) is 5.56 Å². The van der Waals surface area contributed by atoms with E-state index in [1.54, 1.807) is 24.5 Å². The number of benzene rings is 1. The predicted molar refractivity (Wildman–Crippen MR) is 82.3 cm³/mol. The molecule has 2 rings (SSSR count). The summed E-state index contributed by atoms with van der Waals surface area (Å²) in [6.45, 7) is 5.87. The van der Waals surface area contributed by atoms with Crippen molar-refractivity contribution in [1.82, 2.24) is 10.3 Å². The van der Waals surface area contributed by atoms with Crippen LogP contribution in [0.5, 0.6) is 5.75 Å². The second-order valence-corrected chi connectivity index (χ2v) is 5.17. The summed E-state index contributed by atoms with van der Waals surface area (Å²) in [4.78, 5) is 16.2. The van der Waals surface area contributed by atoms with Crippen LogP contribution in [-0.4, -0.2) is 17.0 Å². The second kappa shape index (κ2) is 6.88. The highest BCUT2D eigenvalue weighted by Crippen LogP contribution is 2.15. The third-order valence-corrected chi connectivity index (χ3v) is 3.02. The maximum Gasteiger partial charge on any atom is 0.251 e. The van der Waals surface area contributed by atoms with Crippen LogP contribution in [0.1, 0.15) is 42.7 Å². The van der Waals surface area contributed by atoms with Gasteiger partial charge in [-0.2, -0.15) is 0 Å². The lowest BCUT2D eigenvalue weighted by molar-refractivity contribution is 0.0940. The molecule has 1 unspecified atom stereocenters. The lowest BCUT2D eigenvalue weighted by atomic mass is 10.1. The first-order chi connectivity index (χ1) is 10.1. The quantitative estimate of drug-likeness (QED) is 0.916. The van der Waals surface area contributed by atoms with Crippen LogP contribution in [0.25, 0.3) is 0 Å². The van der Waals surface area contributed by atoms with Crippen molar-refractivity contribution >= 4 is 5.91 Å². The number of carbonyl (C=O) groups excluding carboxylic acids is 1. The minimum Gasteiger partial charge on any atom is -0.491 e. The van der Waals surface area contributed by atoms with Gasteiger partial charge in [-0.1, -0.05) is 6.07 Å².